The van der Waals surface area contributed by atoms with Crippen molar-refractivity contribution in [3.8, 4) is 5.69 Å². The SMILES string of the molecule is O=C(O)c1cc(-n2c(=O)[nH]c3c(c2=O)CCCC3)c(F)cc1Cl. The number of hydrogen-bond donors (Lipinski definition) is 2. The molecule has 2 N–H and O–H groups in total. The number of nitrogens with one attached hydrogen (secondary N) is 1. The van der Waals surface area contributed by atoms with Crippen molar-refractivity contribution in [2.45, 2.75) is 25.7 Å². The van der Waals surface area contributed by atoms with Crippen LogP contribution < -0.4 is 11.2 Å². The number of carboxylic acids is 1. The van der Waals surface area contributed by atoms with Gasteiger partial charge >= 0.3 is 11.7 Å². The third-order valence-electron chi connectivity index (χ3n) is 3.90. The molecule has 6 nitrogen and oxygen atoms in total. The van der Waals surface area contributed by atoms with Crippen LogP contribution in [0.2, 0.25) is 5.02 Å². The molecule has 0 unspecified atom stereocenters. The predicted octanol–water partition coefficient (Wildman–Crippen LogP) is 1.90. The maximum atomic E-state index is 14.2. The van der Waals surface area contributed by atoms with E-state index in [-0.39, 0.29) is 10.6 Å². The highest BCUT2D eigenvalue weighted by Crippen LogP contribution is 2.23. The smallest absolute Gasteiger partial charge is 0.337 e. The molecule has 1 aromatic carbocycles. The van der Waals surface area contributed by atoms with E-state index in [0.717, 1.165) is 25.0 Å². The monoisotopic (exact) mass is 338 g/mol. The number of rotatable bonds is 2. The number of aromatic carboxylic acids is 1. The summed E-state index contributed by atoms with van der Waals surface area (Å²) >= 11 is 5.68. The van der Waals surface area contributed by atoms with Crippen LogP contribution in [0.5, 0.6) is 0 Å². The Bertz CT molecular complexity index is 932. The average molecular weight is 339 g/mol. The first-order chi connectivity index (χ1) is 10.9. The van der Waals surface area contributed by atoms with Gasteiger partial charge in [-0.05, 0) is 37.8 Å². The van der Waals surface area contributed by atoms with Gasteiger partial charge in [-0.2, -0.15) is 0 Å². The number of aryl methyl sites for hydroxylation is 1. The van der Waals surface area contributed by atoms with Gasteiger partial charge in [-0.25, -0.2) is 18.5 Å². The molecule has 2 aromatic rings. The van der Waals surface area contributed by atoms with Gasteiger partial charge < -0.3 is 10.1 Å². The van der Waals surface area contributed by atoms with Crippen LogP contribution in [0.15, 0.2) is 21.7 Å². The van der Waals surface area contributed by atoms with Crippen molar-refractivity contribution < 1.29 is 14.3 Å². The van der Waals surface area contributed by atoms with Crippen LogP contribution in [-0.2, 0) is 12.8 Å². The summed E-state index contributed by atoms with van der Waals surface area (Å²) in [6.45, 7) is 0. The van der Waals surface area contributed by atoms with Gasteiger partial charge in [0.1, 0.15) is 5.82 Å². The lowest BCUT2D eigenvalue weighted by Crippen LogP contribution is -2.39. The first-order valence-electron chi connectivity index (χ1n) is 7.00. The zero-order chi connectivity index (χ0) is 16.7. The zero-order valence-corrected chi connectivity index (χ0v) is 12.6. The van der Waals surface area contributed by atoms with Crippen molar-refractivity contribution in [3.05, 3.63) is 60.6 Å². The number of aromatic nitrogens is 2. The van der Waals surface area contributed by atoms with E-state index < -0.39 is 28.7 Å². The van der Waals surface area contributed by atoms with Crippen LogP contribution in [-0.4, -0.2) is 20.6 Å². The van der Waals surface area contributed by atoms with Gasteiger partial charge in [-0.3, -0.25) is 4.79 Å². The Labute approximate surface area is 134 Å². The number of benzene rings is 1. The number of H-pyrrole nitrogens is 1. The van der Waals surface area contributed by atoms with E-state index in [9.17, 15) is 18.8 Å². The molecule has 0 saturated heterocycles. The number of nitrogens with zero attached hydrogens (tertiary/aromatic N) is 1. The highest BCUT2D eigenvalue weighted by molar-refractivity contribution is 6.33. The largest absolute Gasteiger partial charge is 0.478 e. The molecule has 120 valence electrons. The van der Waals surface area contributed by atoms with Crippen LogP contribution >= 0.6 is 11.6 Å². The zero-order valence-electron chi connectivity index (χ0n) is 11.9. The summed E-state index contributed by atoms with van der Waals surface area (Å²) in [7, 11) is 0. The Balaban J connectivity index is 2.32. The molecule has 8 heteroatoms. The Kier molecular flexibility index (Phi) is 3.81. The lowest BCUT2D eigenvalue weighted by Gasteiger charge is -2.16. The number of hydrogen-bond acceptors (Lipinski definition) is 3. The highest BCUT2D eigenvalue weighted by atomic mass is 35.5. The highest BCUT2D eigenvalue weighted by Gasteiger charge is 2.21. The summed E-state index contributed by atoms with van der Waals surface area (Å²) in [5.41, 5.74) is -1.23. The molecule has 1 heterocycles. The Morgan fingerprint density at radius 2 is 1.96 bits per heavy atom. The second-order valence-corrected chi connectivity index (χ2v) is 5.73. The van der Waals surface area contributed by atoms with Crippen LogP contribution in [0, 0.1) is 5.82 Å². The van der Waals surface area contributed by atoms with Crippen LogP contribution in [0.3, 0.4) is 0 Å². The van der Waals surface area contributed by atoms with Gasteiger partial charge in [-0.1, -0.05) is 11.6 Å². The van der Waals surface area contributed by atoms with Crippen LogP contribution in [0.1, 0.15) is 34.5 Å². The number of carbonyl (C=O) groups is 1. The lowest BCUT2D eigenvalue weighted by atomic mass is 9.97. The summed E-state index contributed by atoms with van der Waals surface area (Å²) in [6, 6.07) is 1.68. The molecule has 23 heavy (non-hydrogen) atoms. The fourth-order valence-electron chi connectivity index (χ4n) is 2.78. The van der Waals surface area contributed by atoms with Gasteiger partial charge in [0, 0.05) is 11.3 Å². The second kappa shape index (κ2) is 5.66. The standard InChI is InChI=1S/C15H12ClFN2O4/c16-9-6-10(17)12(5-8(9)14(21)22)19-13(20)7-3-1-2-4-11(7)18-15(19)23/h5-6H,1-4H2,(H,18,23)(H,21,22). The molecule has 0 atom stereocenters. The molecule has 0 saturated carbocycles. The fourth-order valence-corrected chi connectivity index (χ4v) is 3.01. The van der Waals surface area contributed by atoms with Crippen molar-refractivity contribution >= 4 is 17.6 Å². The summed E-state index contributed by atoms with van der Waals surface area (Å²) in [5.74, 6) is -2.32. The summed E-state index contributed by atoms with van der Waals surface area (Å²) in [4.78, 5) is 38.5. The third-order valence-corrected chi connectivity index (χ3v) is 4.21. The minimum absolute atomic E-state index is 0.304. The molecular formula is C15H12ClFN2O4. The van der Waals surface area contributed by atoms with Crippen LogP contribution in [0.4, 0.5) is 4.39 Å². The Morgan fingerprint density at radius 3 is 2.65 bits per heavy atom. The first-order valence-corrected chi connectivity index (χ1v) is 7.37. The molecule has 0 radical (unpaired) electrons. The van der Waals surface area contributed by atoms with Gasteiger partial charge in [0.2, 0.25) is 0 Å². The van der Waals surface area contributed by atoms with Crippen molar-refractivity contribution in [1.29, 1.82) is 0 Å². The number of carboxylic acid groups (broad SMARTS) is 1. The Hall–Kier alpha value is -2.41. The van der Waals surface area contributed by atoms with E-state index in [1.54, 1.807) is 0 Å². The number of fused-ring (bicyclic) bond motifs is 1. The molecule has 0 spiro atoms. The van der Waals surface area contributed by atoms with Crippen molar-refractivity contribution in [2.75, 3.05) is 0 Å². The van der Waals surface area contributed by atoms with E-state index in [2.05, 4.69) is 4.98 Å². The van der Waals surface area contributed by atoms with E-state index in [4.69, 9.17) is 16.7 Å². The normalized spacial score (nSPS) is 13.7. The van der Waals surface area contributed by atoms with E-state index >= 15 is 0 Å². The van der Waals surface area contributed by atoms with E-state index in [1.165, 1.54) is 0 Å². The minimum Gasteiger partial charge on any atom is -0.478 e. The van der Waals surface area contributed by atoms with Gasteiger partial charge in [0.15, 0.2) is 0 Å². The lowest BCUT2D eigenvalue weighted by molar-refractivity contribution is 0.0697. The molecule has 0 fully saturated rings. The molecule has 1 aliphatic carbocycles. The topological polar surface area (TPSA) is 92.2 Å². The molecule has 0 bridgehead atoms. The number of aromatic amines is 1. The van der Waals surface area contributed by atoms with Crippen molar-refractivity contribution in [2.24, 2.45) is 0 Å². The molecule has 3 rings (SSSR count). The fraction of sp³-hybridized carbons (Fsp3) is 0.267. The summed E-state index contributed by atoms with van der Waals surface area (Å²) < 4.78 is 14.8. The van der Waals surface area contributed by atoms with Crippen LogP contribution in [0.25, 0.3) is 5.69 Å². The molecular weight excluding hydrogens is 327 g/mol. The van der Waals surface area contributed by atoms with Crippen molar-refractivity contribution in [3.63, 3.8) is 0 Å². The summed E-state index contributed by atoms with van der Waals surface area (Å²) in [5, 5.41) is 8.77. The van der Waals surface area contributed by atoms with E-state index in [0.29, 0.717) is 28.7 Å². The maximum Gasteiger partial charge on any atom is 0.337 e. The van der Waals surface area contributed by atoms with Gasteiger partial charge in [0.05, 0.1) is 16.3 Å². The van der Waals surface area contributed by atoms with E-state index in [1.807, 2.05) is 0 Å². The molecule has 1 aliphatic rings. The Morgan fingerprint density at radius 1 is 1.26 bits per heavy atom. The molecule has 0 amide bonds. The molecule has 0 aliphatic heterocycles. The molecule has 1 aromatic heterocycles. The quantitative estimate of drug-likeness (QED) is 0.874. The summed E-state index contributed by atoms with van der Waals surface area (Å²) in [6.07, 6.45) is 2.75. The van der Waals surface area contributed by atoms with Gasteiger partial charge in [-0.15, -0.1) is 0 Å². The third kappa shape index (κ3) is 2.57. The minimum atomic E-state index is -1.38. The number of halogens is 2. The predicted molar refractivity (Wildman–Crippen MR) is 81.2 cm³/mol. The second-order valence-electron chi connectivity index (χ2n) is 5.32. The van der Waals surface area contributed by atoms with Gasteiger partial charge in [0.25, 0.3) is 5.56 Å². The van der Waals surface area contributed by atoms with Crippen molar-refractivity contribution in [1.82, 2.24) is 9.55 Å². The first kappa shape index (κ1) is 15.5. The average Bonchev–Trinajstić information content (AvgIpc) is 2.49. The maximum absolute atomic E-state index is 14.2.